The number of allylic oxidation sites excluding steroid dienone is 3. The monoisotopic (exact) mass is 600 g/mol. The fraction of sp³-hybridized carbons (Fsp3) is 0.100. The zero-order chi connectivity index (χ0) is 30.7. The summed E-state index contributed by atoms with van der Waals surface area (Å²) in [7, 11) is 0. The molecule has 0 fully saturated rings. The van der Waals surface area contributed by atoms with Crippen molar-refractivity contribution in [1.29, 1.82) is 0 Å². The number of para-hydroxylation sites is 2. The van der Waals surface area contributed by atoms with Crippen LogP contribution in [-0.4, -0.2) is 14.5 Å². The average Bonchev–Trinajstić information content (AvgIpc) is 3.66. The summed E-state index contributed by atoms with van der Waals surface area (Å²) in [6, 6.07) is 41.0. The van der Waals surface area contributed by atoms with E-state index in [9.17, 15) is 0 Å². The van der Waals surface area contributed by atoms with E-state index in [-0.39, 0.29) is 5.41 Å². The van der Waals surface area contributed by atoms with Crippen molar-refractivity contribution in [3.63, 3.8) is 0 Å². The number of hydrogen-bond acceptors (Lipinski definition) is 4. The molecule has 0 saturated carbocycles. The van der Waals surface area contributed by atoms with E-state index >= 15 is 0 Å². The Hall–Kier alpha value is -5.26. The quantitative estimate of drug-likeness (QED) is 0.184. The van der Waals surface area contributed by atoms with Crippen molar-refractivity contribution >= 4 is 55.3 Å². The lowest BCUT2D eigenvalue weighted by atomic mass is 9.73. The Balaban J connectivity index is 1.21. The fourth-order valence-corrected chi connectivity index (χ4v) is 7.69. The van der Waals surface area contributed by atoms with Gasteiger partial charge in [0.1, 0.15) is 10.8 Å². The maximum atomic E-state index is 5.12. The Bertz CT molecular complexity index is 2220. The van der Waals surface area contributed by atoms with Crippen molar-refractivity contribution in [3.05, 3.63) is 145 Å². The number of fused-ring (bicyclic) bond motifs is 4. The van der Waals surface area contributed by atoms with Gasteiger partial charge in [-0.05, 0) is 72.7 Å². The van der Waals surface area contributed by atoms with Gasteiger partial charge in [0.05, 0.1) is 32.6 Å². The van der Waals surface area contributed by atoms with Gasteiger partial charge in [0.25, 0.3) is 0 Å². The third-order valence-electron chi connectivity index (χ3n) is 8.97. The van der Waals surface area contributed by atoms with Gasteiger partial charge in [-0.2, -0.15) is 0 Å². The Labute approximate surface area is 267 Å². The van der Waals surface area contributed by atoms with Crippen LogP contribution in [0.2, 0.25) is 0 Å². The Kier molecular flexibility index (Phi) is 6.33. The van der Waals surface area contributed by atoms with Crippen LogP contribution in [0.25, 0.3) is 48.9 Å². The van der Waals surface area contributed by atoms with Crippen LogP contribution >= 0.6 is 11.3 Å². The number of benzene rings is 5. The van der Waals surface area contributed by atoms with Crippen LogP contribution in [0, 0.1) is 0 Å². The molecule has 1 aliphatic heterocycles. The first-order valence-corrected chi connectivity index (χ1v) is 16.1. The third-order valence-corrected chi connectivity index (χ3v) is 10.0. The minimum absolute atomic E-state index is 0.0776. The molecule has 5 heteroatoms. The summed E-state index contributed by atoms with van der Waals surface area (Å²) < 4.78 is 3.30. The maximum absolute atomic E-state index is 5.12. The maximum Gasteiger partial charge on any atom is 0.145 e. The molecule has 0 atom stereocenters. The summed E-state index contributed by atoms with van der Waals surface area (Å²) in [5, 5.41) is 0.995. The lowest BCUT2D eigenvalue weighted by Crippen LogP contribution is -2.30. The molecule has 0 amide bonds. The van der Waals surface area contributed by atoms with Crippen LogP contribution in [0.4, 0.5) is 17.1 Å². The van der Waals surface area contributed by atoms with Crippen molar-refractivity contribution in [2.45, 2.75) is 26.2 Å². The Morgan fingerprint density at radius 1 is 0.733 bits per heavy atom. The number of rotatable bonds is 5. The molecular weight excluding hydrogens is 569 g/mol. The summed E-state index contributed by atoms with van der Waals surface area (Å²) in [5.41, 5.74) is 12.3. The van der Waals surface area contributed by atoms with Crippen LogP contribution in [0.3, 0.4) is 0 Å². The van der Waals surface area contributed by atoms with Crippen molar-refractivity contribution in [1.82, 2.24) is 14.5 Å². The number of aromatic nitrogens is 3. The van der Waals surface area contributed by atoms with E-state index in [1.165, 1.54) is 22.5 Å². The molecule has 45 heavy (non-hydrogen) atoms. The van der Waals surface area contributed by atoms with Gasteiger partial charge in [0, 0.05) is 27.9 Å². The molecule has 0 bridgehead atoms. The van der Waals surface area contributed by atoms with E-state index in [0.29, 0.717) is 0 Å². The van der Waals surface area contributed by atoms with E-state index in [4.69, 9.17) is 9.97 Å². The van der Waals surface area contributed by atoms with Gasteiger partial charge in [0.2, 0.25) is 0 Å². The van der Waals surface area contributed by atoms with Gasteiger partial charge in [-0.25, -0.2) is 9.97 Å². The highest BCUT2D eigenvalue weighted by atomic mass is 32.1. The molecule has 3 heterocycles. The first-order chi connectivity index (χ1) is 22.0. The van der Waals surface area contributed by atoms with Gasteiger partial charge in [-0.3, -0.25) is 4.57 Å². The molecule has 0 aliphatic carbocycles. The number of imidazole rings is 1. The van der Waals surface area contributed by atoms with Gasteiger partial charge in [0.15, 0.2) is 0 Å². The van der Waals surface area contributed by atoms with E-state index in [1.54, 1.807) is 11.3 Å². The zero-order valence-corrected chi connectivity index (χ0v) is 26.3. The molecule has 0 saturated heterocycles. The second kappa shape index (κ2) is 10.4. The molecule has 2 aromatic heterocycles. The first kappa shape index (κ1) is 27.3. The fourth-order valence-electron chi connectivity index (χ4n) is 6.70. The molecule has 0 N–H and O–H groups in total. The van der Waals surface area contributed by atoms with Crippen LogP contribution < -0.4 is 4.90 Å². The topological polar surface area (TPSA) is 34.0 Å². The number of hydrogen-bond donors (Lipinski definition) is 0. The minimum Gasteiger partial charge on any atom is -0.310 e. The van der Waals surface area contributed by atoms with Crippen molar-refractivity contribution in [3.8, 4) is 22.0 Å². The van der Waals surface area contributed by atoms with Crippen molar-refractivity contribution in [2.75, 3.05) is 4.90 Å². The molecule has 8 rings (SSSR count). The standard InChI is InChI=1S/C40H32N4S/c1-5-28(6-2)44-36-24-33-37(25-32(36)41-38(44)26-14-8-7-9-15-26)45-39(42-33)27-20-22-29(23-21-27)43-34-18-12-10-16-30(34)40(3,4)31-17-11-13-19-35(31)43/h5-25H,1H2,2-4H3. The second-order valence-corrected chi connectivity index (χ2v) is 13.0. The van der Waals surface area contributed by atoms with E-state index in [2.05, 4.69) is 133 Å². The highest BCUT2D eigenvalue weighted by Gasteiger charge is 2.36. The van der Waals surface area contributed by atoms with Gasteiger partial charge in [-0.15, -0.1) is 11.3 Å². The molecule has 218 valence electrons. The highest BCUT2D eigenvalue weighted by molar-refractivity contribution is 7.21. The molecule has 0 radical (unpaired) electrons. The minimum atomic E-state index is -0.0776. The molecule has 0 unspecified atom stereocenters. The molecule has 7 aromatic rings. The van der Waals surface area contributed by atoms with Crippen LogP contribution in [0.15, 0.2) is 134 Å². The predicted octanol–water partition coefficient (Wildman–Crippen LogP) is 11.1. The summed E-state index contributed by atoms with van der Waals surface area (Å²) >= 11 is 1.71. The second-order valence-electron chi connectivity index (χ2n) is 11.9. The molecule has 1 aliphatic rings. The number of thiazole rings is 1. The Morgan fingerprint density at radius 3 is 2.02 bits per heavy atom. The lowest BCUT2D eigenvalue weighted by Gasteiger charge is -2.42. The smallest absolute Gasteiger partial charge is 0.145 e. The Morgan fingerprint density at radius 2 is 1.38 bits per heavy atom. The van der Waals surface area contributed by atoms with Crippen molar-refractivity contribution in [2.24, 2.45) is 0 Å². The largest absolute Gasteiger partial charge is 0.310 e. The van der Waals surface area contributed by atoms with Crippen LogP contribution in [-0.2, 0) is 5.41 Å². The van der Waals surface area contributed by atoms with E-state index in [0.717, 1.165) is 54.6 Å². The van der Waals surface area contributed by atoms with E-state index in [1.807, 2.05) is 31.2 Å². The molecule has 5 aromatic carbocycles. The molecular formula is C40H32N4S. The third kappa shape index (κ3) is 4.26. The molecule has 4 nitrogen and oxygen atoms in total. The number of nitrogens with zero attached hydrogens (tertiary/aromatic N) is 4. The van der Waals surface area contributed by atoms with Crippen molar-refractivity contribution < 1.29 is 0 Å². The normalized spacial score (nSPS) is 14.0. The average molecular weight is 601 g/mol. The SMILES string of the molecule is C=CC(=CC)n1c(-c2ccccc2)nc2cc3sc(-c4ccc(N5c6ccccc6C(C)(C)c6ccccc65)cc4)nc3cc21. The van der Waals surface area contributed by atoms with Gasteiger partial charge < -0.3 is 4.90 Å². The van der Waals surface area contributed by atoms with Crippen LogP contribution in [0.5, 0.6) is 0 Å². The summed E-state index contributed by atoms with van der Waals surface area (Å²) in [5.74, 6) is 0.899. The van der Waals surface area contributed by atoms with Crippen LogP contribution in [0.1, 0.15) is 31.9 Å². The zero-order valence-electron chi connectivity index (χ0n) is 25.5. The van der Waals surface area contributed by atoms with Gasteiger partial charge in [-0.1, -0.05) is 93.2 Å². The molecule has 0 spiro atoms. The summed E-state index contributed by atoms with van der Waals surface area (Å²) in [6.07, 6.45) is 3.95. The van der Waals surface area contributed by atoms with Gasteiger partial charge >= 0.3 is 0 Å². The summed E-state index contributed by atoms with van der Waals surface area (Å²) in [6.45, 7) is 10.7. The predicted molar refractivity (Wildman–Crippen MR) is 191 cm³/mol. The summed E-state index contributed by atoms with van der Waals surface area (Å²) in [4.78, 5) is 12.6. The highest BCUT2D eigenvalue weighted by Crippen LogP contribution is 2.51. The van der Waals surface area contributed by atoms with E-state index < -0.39 is 0 Å². The number of anilines is 3. The lowest BCUT2D eigenvalue weighted by molar-refractivity contribution is 0.632. The first-order valence-electron chi connectivity index (χ1n) is 15.2.